The summed E-state index contributed by atoms with van der Waals surface area (Å²) in [5, 5.41) is 2.89. The molecule has 130 valence electrons. The molecule has 6 heteroatoms. The van der Waals surface area contributed by atoms with Crippen LogP contribution in [-0.4, -0.2) is 36.5 Å². The van der Waals surface area contributed by atoms with Crippen LogP contribution in [0.25, 0.3) is 0 Å². The predicted molar refractivity (Wildman–Crippen MR) is 94.5 cm³/mol. The summed E-state index contributed by atoms with van der Waals surface area (Å²) in [5.41, 5.74) is 1.73. The Hall–Kier alpha value is -2.89. The Bertz CT molecular complexity index is 734. The van der Waals surface area contributed by atoms with Crippen LogP contribution in [0.1, 0.15) is 18.5 Å². The maximum absolute atomic E-state index is 12.1. The number of pyridine rings is 1. The lowest BCUT2D eigenvalue weighted by molar-refractivity contribution is -0.122. The van der Waals surface area contributed by atoms with E-state index in [1.807, 2.05) is 42.5 Å². The molecule has 0 aliphatic carbocycles. The van der Waals surface area contributed by atoms with Crippen LogP contribution >= 0.6 is 0 Å². The third kappa shape index (κ3) is 4.56. The SMILES string of the molecule is O=C(CCCN1C(=O)COc2ccccc21)NCCc1ccccn1. The minimum atomic E-state index is -0.0748. The molecule has 0 bridgehead atoms. The number of carbonyl (C=O) groups excluding carboxylic acids is 2. The average Bonchev–Trinajstić information content (AvgIpc) is 2.64. The van der Waals surface area contributed by atoms with E-state index in [9.17, 15) is 9.59 Å². The number of ether oxygens (including phenoxy) is 1. The van der Waals surface area contributed by atoms with Crippen molar-refractivity contribution >= 4 is 17.5 Å². The van der Waals surface area contributed by atoms with E-state index < -0.39 is 0 Å². The van der Waals surface area contributed by atoms with Gasteiger partial charge in [-0.05, 0) is 30.7 Å². The van der Waals surface area contributed by atoms with Gasteiger partial charge in [-0.25, -0.2) is 0 Å². The lowest BCUT2D eigenvalue weighted by Gasteiger charge is -2.29. The molecular weight excluding hydrogens is 318 g/mol. The number of rotatable bonds is 7. The fourth-order valence-corrected chi connectivity index (χ4v) is 2.76. The highest BCUT2D eigenvalue weighted by molar-refractivity contribution is 5.97. The molecule has 1 aromatic carbocycles. The molecule has 0 radical (unpaired) electrons. The van der Waals surface area contributed by atoms with Crippen molar-refractivity contribution in [2.24, 2.45) is 0 Å². The normalized spacial score (nSPS) is 13.1. The molecule has 0 saturated carbocycles. The number of benzene rings is 1. The molecule has 6 nitrogen and oxygen atoms in total. The molecule has 0 saturated heterocycles. The molecule has 1 aromatic heterocycles. The number of anilines is 1. The molecule has 1 aliphatic heterocycles. The van der Waals surface area contributed by atoms with Crippen LogP contribution in [0.3, 0.4) is 0 Å². The van der Waals surface area contributed by atoms with Crippen molar-refractivity contribution in [3.05, 3.63) is 54.4 Å². The molecule has 0 fully saturated rings. The molecular formula is C19H21N3O3. The number of nitrogens with one attached hydrogen (secondary N) is 1. The van der Waals surface area contributed by atoms with Gasteiger partial charge < -0.3 is 15.0 Å². The molecule has 2 amide bonds. The number of amides is 2. The van der Waals surface area contributed by atoms with Gasteiger partial charge >= 0.3 is 0 Å². The monoisotopic (exact) mass is 339 g/mol. The minimum Gasteiger partial charge on any atom is -0.482 e. The largest absolute Gasteiger partial charge is 0.482 e. The summed E-state index contributed by atoms with van der Waals surface area (Å²) in [6.45, 7) is 1.12. The van der Waals surface area contributed by atoms with E-state index in [2.05, 4.69) is 10.3 Å². The minimum absolute atomic E-state index is 0.00933. The summed E-state index contributed by atoms with van der Waals surface area (Å²) >= 11 is 0. The van der Waals surface area contributed by atoms with Crippen molar-refractivity contribution in [2.75, 3.05) is 24.6 Å². The van der Waals surface area contributed by atoms with Crippen molar-refractivity contribution in [1.29, 1.82) is 0 Å². The van der Waals surface area contributed by atoms with Gasteiger partial charge in [-0.15, -0.1) is 0 Å². The zero-order valence-corrected chi connectivity index (χ0v) is 14.0. The standard InChI is InChI=1S/C19H21N3O3/c23-18(21-12-10-15-6-3-4-11-20-15)9-5-13-22-16-7-1-2-8-17(16)25-14-19(22)24/h1-4,6-8,11H,5,9-10,12-14H2,(H,21,23). The first-order valence-electron chi connectivity index (χ1n) is 8.43. The molecule has 3 rings (SSSR count). The summed E-state index contributed by atoms with van der Waals surface area (Å²) in [5.74, 6) is 0.626. The topological polar surface area (TPSA) is 71.5 Å². The first-order valence-corrected chi connectivity index (χ1v) is 8.43. The van der Waals surface area contributed by atoms with Crippen LogP contribution in [0.5, 0.6) is 5.75 Å². The van der Waals surface area contributed by atoms with Gasteiger partial charge in [0, 0.05) is 37.8 Å². The second-order valence-electron chi connectivity index (χ2n) is 5.83. The third-order valence-corrected chi connectivity index (χ3v) is 4.02. The van der Waals surface area contributed by atoms with Gasteiger partial charge in [0.15, 0.2) is 6.61 Å². The van der Waals surface area contributed by atoms with E-state index in [1.54, 1.807) is 11.1 Å². The third-order valence-electron chi connectivity index (χ3n) is 4.02. The van der Waals surface area contributed by atoms with E-state index in [4.69, 9.17) is 4.74 Å². The second-order valence-corrected chi connectivity index (χ2v) is 5.83. The average molecular weight is 339 g/mol. The number of aromatic nitrogens is 1. The second kappa shape index (κ2) is 8.28. The van der Waals surface area contributed by atoms with Crippen molar-refractivity contribution in [3.8, 4) is 5.75 Å². The van der Waals surface area contributed by atoms with Gasteiger partial charge in [0.25, 0.3) is 5.91 Å². The van der Waals surface area contributed by atoms with Gasteiger partial charge in [-0.1, -0.05) is 18.2 Å². The highest BCUT2D eigenvalue weighted by Crippen LogP contribution is 2.31. The number of hydrogen-bond acceptors (Lipinski definition) is 4. The van der Waals surface area contributed by atoms with Crippen LogP contribution in [0.15, 0.2) is 48.7 Å². The first kappa shape index (κ1) is 17.0. The van der Waals surface area contributed by atoms with E-state index in [0.29, 0.717) is 38.1 Å². The van der Waals surface area contributed by atoms with Gasteiger partial charge in [0.2, 0.25) is 5.91 Å². The summed E-state index contributed by atoms with van der Waals surface area (Å²) in [4.78, 5) is 29.9. The maximum Gasteiger partial charge on any atom is 0.265 e. The molecule has 0 atom stereocenters. The zero-order chi connectivity index (χ0) is 17.5. The smallest absolute Gasteiger partial charge is 0.265 e. The lowest BCUT2D eigenvalue weighted by Crippen LogP contribution is -2.39. The van der Waals surface area contributed by atoms with E-state index in [1.165, 1.54) is 0 Å². The van der Waals surface area contributed by atoms with Crippen molar-refractivity contribution in [3.63, 3.8) is 0 Å². The number of para-hydroxylation sites is 2. The lowest BCUT2D eigenvalue weighted by atomic mass is 10.2. The predicted octanol–water partition coefficient (Wildman–Crippen LogP) is 1.95. The van der Waals surface area contributed by atoms with Gasteiger partial charge in [0.05, 0.1) is 5.69 Å². The fourth-order valence-electron chi connectivity index (χ4n) is 2.76. The van der Waals surface area contributed by atoms with Crippen molar-refractivity contribution in [2.45, 2.75) is 19.3 Å². The van der Waals surface area contributed by atoms with Gasteiger partial charge in [-0.2, -0.15) is 0 Å². The summed E-state index contributed by atoms with van der Waals surface area (Å²) in [6, 6.07) is 13.2. The molecule has 25 heavy (non-hydrogen) atoms. The van der Waals surface area contributed by atoms with Crippen molar-refractivity contribution < 1.29 is 14.3 Å². The highest BCUT2D eigenvalue weighted by atomic mass is 16.5. The Kier molecular flexibility index (Phi) is 5.61. The Morgan fingerprint density at radius 2 is 2.04 bits per heavy atom. The Morgan fingerprint density at radius 1 is 1.20 bits per heavy atom. The van der Waals surface area contributed by atoms with E-state index in [0.717, 1.165) is 11.4 Å². The molecule has 0 spiro atoms. The molecule has 0 unspecified atom stereocenters. The molecule has 1 aliphatic rings. The molecule has 2 aromatic rings. The number of hydrogen-bond donors (Lipinski definition) is 1. The summed E-state index contributed by atoms with van der Waals surface area (Å²) < 4.78 is 5.41. The quantitative estimate of drug-likeness (QED) is 0.837. The van der Waals surface area contributed by atoms with E-state index in [-0.39, 0.29) is 18.4 Å². The van der Waals surface area contributed by atoms with Crippen LogP contribution in [0.4, 0.5) is 5.69 Å². The zero-order valence-electron chi connectivity index (χ0n) is 14.0. The number of fused-ring (bicyclic) bond motifs is 1. The summed E-state index contributed by atoms with van der Waals surface area (Å²) in [7, 11) is 0. The van der Waals surface area contributed by atoms with Crippen LogP contribution in [0.2, 0.25) is 0 Å². The van der Waals surface area contributed by atoms with Crippen molar-refractivity contribution in [1.82, 2.24) is 10.3 Å². The Labute approximate surface area is 146 Å². The van der Waals surface area contributed by atoms with Crippen LogP contribution in [-0.2, 0) is 16.0 Å². The maximum atomic E-state index is 12.1. The first-order chi connectivity index (χ1) is 12.2. The number of nitrogens with zero attached hydrogens (tertiary/aromatic N) is 2. The van der Waals surface area contributed by atoms with E-state index >= 15 is 0 Å². The summed E-state index contributed by atoms with van der Waals surface area (Å²) in [6.07, 6.45) is 3.45. The van der Waals surface area contributed by atoms with Gasteiger partial charge in [-0.3, -0.25) is 14.6 Å². The molecule has 1 N–H and O–H groups in total. The molecule has 2 heterocycles. The Morgan fingerprint density at radius 3 is 2.88 bits per heavy atom. The van der Waals surface area contributed by atoms with Gasteiger partial charge in [0.1, 0.15) is 5.75 Å². The van der Waals surface area contributed by atoms with Crippen LogP contribution in [0, 0.1) is 0 Å². The fraction of sp³-hybridized carbons (Fsp3) is 0.316. The number of carbonyl (C=O) groups is 2. The Balaban J connectivity index is 1.42. The van der Waals surface area contributed by atoms with Crippen LogP contribution < -0.4 is 15.0 Å². The highest BCUT2D eigenvalue weighted by Gasteiger charge is 2.24.